The molecule has 0 spiro atoms. The van der Waals surface area contributed by atoms with E-state index < -0.39 is 0 Å². The number of aromatic nitrogens is 2. The smallest absolute Gasteiger partial charge is 0.226 e. The third-order valence-corrected chi connectivity index (χ3v) is 4.07. The lowest BCUT2D eigenvalue weighted by Crippen LogP contribution is -2.29. The van der Waals surface area contributed by atoms with Gasteiger partial charge in [-0.15, -0.1) is 0 Å². The lowest BCUT2D eigenvalue weighted by Gasteiger charge is -2.21. The lowest BCUT2D eigenvalue weighted by molar-refractivity contribution is 0.327. The van der Waals surface area contributed by atoms with Crippen LogP contribution in [0.1, 0.15) is 30.7 Å². The van der Waals surface area contributed by atoms with Crippen LogP contribution in [0.2, 0.25) is 0 Å². The second kappa shape index (κ2) is 6.35. The lowest BCUT2D eigenvalue weighted by atomic mass is 9.95. The molecule has 1 atom stereocenters. The molecule has 21 heavy (non-hydrogen) atoms. The number of nitrogens with zero attached hydrogens (tertiary/aromatic N) is 2. The predicted molar refractivity (Wildman–Crippen MR) is 78.3 cm³/mol. The van der Waals surface area contributed by atoms with Crippen molar-refractivity contribution in [2.45, 2.75) is 32.6 Å². The Morgan fingerprint density at radius 3 is 3.14 bits per heavy atom. The maximum atomic E-state index is 13.3. The summed E-state index contributed by atoms with van der Waals surface area (Å²) >= 11 is 0. The topological polar surface area (TPSA) is 51.0 Å². The summed E-state index contributed by atoms with van der Waals surface area (Å²) in [5.41, 5.74) is 1.64. The Kier molecular flexibility index (Phi) is 4.29. The quantitative estimate of drug-likeness (QED) is 0.939. The first kappa shape index (κ1) is 14.2. The standard InChI is InChI=1S/C16H20FN3O/c1-11-4-6-13(17)9-14(11)16-19-15(21-20-16)7-5-12-3-2-8-18-10-12/h4,6,9,12,18H,2-3,5,7-8,10H2,1H3. The van der Waals surface area contributed by atoms with E-state index in [1.54, 1.807) is 6.07 Å². The van der Waals surface area contributed by atoms with E-state index in [9.17, 15) is 4.39 Å². The van der Waals surface area contributed by atoms with Gasteiger partial charge in [-0.1, -0.05) is 11.2 Å². The number of piperidine rings is 1. The molecule has 0 amide bonds. The minimum atomic E-state index is -0.282. The molecular formula is C16H20FN3O. The average molecular weight is 289 g/mol. The Bertz CT molecular complexity index is 605. The average Bonchev–Trinajstić information content (AvgIpc) is 2.97. The Labute approximate surface area is 123 Å². The fourth-order valence-electron chi connectivity index (χ4n) is 2.80. The van der Waals surface area contributed by atoms with Crippen LogP contribution in [0.25, 0.3) is 11.4 Å². The largest absolute Gasteiger partial charge is 0.339 e. The number of aryl methyl sites for hydroxylation is 2. The zero-order valence-corrected chi connectivity index (χ0v) is 12.2. The fraction of sp³-hybridized carbons (Fsp3) is 0.500. The normalized spacial score (nSPS) is 18.9. The van der Waals surface area contributed by atoms with Crippen molar-refractivity contribution in [2.24, 2.45) is 5.92 Å². The van der Waals surface area contributed by atoms with E-state index in [0.29, 0.717) is 23.2 Å². The Morgan fingerprint density at radius 1 is 1.43 bits per heavy atom. The molecule has 0 bridgehead atoms. The van der Waals surface area contributed by atoms with Gasteiger partial charge in [0.05, 0.1) is 0 Å². The Hall–Kier alpha value is -1.75. The van der Waals surface area contributed by atoms with Crippen molar-refractivity contribution in [1.29, 1.82) is 0 Å². The molecule has 1 fully saturated rings. The van der Waals surface area contributed by atoms with E-state index >= 15 is 0 Å². The second-order valence-corrected chi connectivity index (χ2v) is 5.72. The molecule has 0 aliphatic carbocycles. The van der Waals surface area contributed by atoms with Crippen LogP contribution in [0, 0.1) is 18.7 Å². The molecule has 1 aromatic heterocycles. The van der Waals surface area contributed by atoms with Crippen LogP contribution >= 0.6 is 0 Å². The fourth-order valence-corrected chi connectivity index (χ4v) is 2.80. The van der Waals surface area contributed by atoms with Crippen LogP contribution in [0.15, 0.2) is 22.7 Å². The summed E-state index contributed by atoms with van der Waals surface area (Å²) in [7, 11) is 0. The van der Waals surface area contributed by atoms with Gasteiger partial charge in [0, 0.05) is 12.0 Å². The zero-order valence-electron chi connectivity index (χ0n) is 12.2. The monoisotopic (exact) mass is 289 g/mol. The van der Waals surface area contributed by atoms with Gasteiger partial charge >= 0.3 is 0 Å². The molecule has 2 heterocycles. The number of hydrogen-bond donors (Lipinski definition) is 1. The number of hydrogen-bond acceptors (Lipinski definition) is 4. The first-order valence-electron chi connectivity index (χ1n) is 7.52. The minimum Gasteiger partial charge on any atom is -0.339 e. The third-order valence-electron chi connectivity index (χ3n) is 4.07. The molecule has 1 unspecified atom stereocenters. The highest BCUT2D eigenvalue weighted by Gasteiger charge is 2.16. The van der Waals surface area contributed by atoms with Crippen molar-refractivity contribution in [3.05, 3.63) is 35.5 Å². The van der Waals surface area contributed by atoms with Crippen LogP contribution in [-0.2, 0) is 6.42 Å². The van der Waals surface area contributed by atoms with Gasteiger partial charge < -0.3 is 9.84 Å². The van der Waals surface area contributed by atoms with E-state index in [0.717, 1.165) is 31.5 Å². The predicted octanol–water partition coefficient (Wildman–Crippen LogP) is 3.12. The summed E-state index contributed by atoms with van der Waals surface area (Å²) < 4.78 is 18.6. The number of nitrogens with one attached hydrogen (secondary N) is 1. The van der Waals surface area contributed by atoms with Crippen molar-refractivity contribution < 1.29 is 8.91 Å². The van der Waals surface area contributed by atoms with E-state index in [4.69, 9.17) is 4.52 Å². The van der Waals surface area contributed by atoms with Crippen molar-refractivity contribution >= 4 is 0 Å². The second-order valence-electron chi connectivity index (χ2n) is 5.72. The van der Waals surface area contributed by atoms with Gasteiger partial charge in [0.1, 0.15) is 5.82 Å². The number of halogens is 1. The van der Waals surface area contributed by atoms with Gasteiger partial charge in [0.15, 0.2) is 0 Å². The highest BCUT2D eigenvalue weighted by Crippen LogP contribution is 2.22. The van der Waals surface area contributed by atoms with Gasteiger partial charge in [0.25, 0.3) is 0 Å². The van der Waals surface area contributed by atoms with Gasteiger partial charge in [0.2, 0.25) is 11.7 Å². The molecule has 1 aromatic carbocycles. The molecule has 3 rings (SSSR count). The van der Waals surface area contributed by atoms with E-state index in [1.165, 1.54) is 25.0 Å². The first-order chi connectivity index (χ1) is 10.2. The van der Waals surface area contributed by atoms with Crippen LogP contribution in [0.3, 0.4) is 0 Å². The highest BCUT2D eigenvalue weighted by atomic mass is 19.1. The molecule has 5 heteroatoms. The van der Waals surface area contributed by atoms with Gasteiger partial charge in [-0.2, -0.15) is 4.98 Å². The van der Waals surface area contributed by atoms with Gasteiger partial charge in [-0.3, -0.25) is 0 Å². The highest BCUT2D eigenvalue weighted by molar-refractivity contribution is 5.59. The molecule has 1 saturated heterocycles. The van der Waals surface area contributed by atoms with Crippen LogP contribution in [0.4, 0.5) is 4.39 Å². The summed E-state index contributed by atoms with van der Waals surface area (Å²) in [6, 6.07) is 4.62. The number of rotatable bonds is 4. The summed E-state index contributed by atoms with van der Waals surface area (Å²) in [4.78, 5) is 4.40. The molecule has 0 radical (unpaired) electrons. The van der Waals surface area contributed by atoms with Crippen LogP contribution < -0.4 is 5.32 Å². The third kappa shape index (κ3) is 3.47. The van der Waals surface area contributed by atoms with Crippen LogP contribution in [-0.4, -0.2) is 23.2 Å². The molecule has 112 valence electrons. The summed E-state index contributed by atoms with van der Waals surface area (Å²) in [5.74, 6) is 1.52. The molecular weight excluding hydrogens is 269 g/mol. The zero-order chi connectivity index (χ0) is 14.7. The van der Waals surface area contributed by atoms with Crippen molar-refractivity contribution in [1.82, 2.24) is 15.5 Å². The summed E-state index contributed by atoms with van der Waals surface area (Å²) in [6.07, 6.45) is 4.34. The summed E-state index contributed by atoms with van der Waals surface area (Å²) in [6.45, 7) is 4.11. The molecule has 2 aromatic rings. The maximum Gasteiger partial charge on any atom is 0.226 e. The van der Waals surface area contributed by atoms with Crippen molar-refractivity contribution in [3.63, 3.8) is 0 Å². The minimum absolute atomic E-state index is 0.282. The summed E-state index contributed by atoms with van der Waals surface area (Å²) in [5, 5.41) is 7.39. The molecule has 1 aliphatic rings. The van der Waals surface area contributed by atoms with E-state index in [1.807, 2.05) is 6.92 Å². The number of benzene rings is 1. The first-order valence-corrected chi connectivity index (χ1v) is 7.52. The van der Waals surface area contributed by atoms with Crippen LogP contribution in [0.5, 0.6) is 0 Å². The van der Waals surface area contributed by atoms with E-state index in [2.05, 4.69) is 15.5 Å². The van der Waals surface area contributed by atoms with Gasteiger partial charge in [-0.05, 0) is 62.9 Å². The molecule has 1 N–H and O–H groups in total. The Balaban J connectivity index is 1.66. The van der Waals surface area contributed by atoms with E-state index in [-0.39, 0.29) is 5.82 Å². The molecule has 0 saturated carbocycles. The molecule has 1 aliphatic heterocycles. The van der Waals surface area contributed by atoms with Crippen molar-refractivity contribution in [3.8, 4) is 11.4 Å². The molecule has 4 nitrogen and oxygen atoms in total. The Morgan fingerprint density at radius 2 is 2.33 bits per heavy atom. The maximum absolute atomic E-state index is 13.3. The van der Waals surface area contributed by atoms with Gasteiger partial charge in [-0.25, -0.2) is 4.39 Å². The SMILES string of the molecule is Cc1ccc(F)cc1-c1noc(CCC2CCCNC2)n1. The van der Waals surface area contributed by atoms with Crippen molar-refractivity contribution in [2.75, 3.05) is 13.1 Å².